The lowest BCUT2D eigenvalue weighted by atomic mass is 9.74. The summed E-state index contributed by atoms with van der Waals surface area (Å²) in [7, 11) is 0. The number of thiazole rings is 1. The zero-order valence-electron chi connectivity index (χ0n) is 11.2. The second-order valence-corrected chi connectivity index (χ2v) is 6.57. The van der Waals surface area contributed by atoms with Gasteiger partial charge in [0.15, 0.2) is 0 Å². The third-order valence-electron chi connectivity index (χ3n) is 4.39. The molecule has 2 saturated heterocycles. The van der Waals surface area contributed by atoms with Gasteiger partial charge in [-0.1, -0.05) is 0 Å². The molecule has 0 aliphatic carbocycles. The number of likely N-dealkylation sites (tertiary alicyclic amines) is 1. The van der Waals surface area contributed by atoms with E-state index in [4.69, 9.17) is 0 Å². The minimum Gasteiger partial charge on any atom is -0.342 e. The van der Waals surface area contributed by atoms with Gasteiger partial charge in [0.1, 0.15) is 0 Å². The monoisotopic (exact) mass is 279 g/mol. The predicted molar refractivity (Wildman–Crippen MR) is 76.2 cm³/mol. The Labute approximate surface area is 118 Å². The number of carbonyl (C=O) groups excluding carboxylic acids is 1. The first-order chi connectivity index (χ1) is 9.27. The number of rotatable bonds is 2. The highest BCUT2D eigenvalue weighted by Crippen LogP contribution is 2.36. The van der Waals surface area contributed by atoms with Crippen molar-refractivity contribution in [3.8, 4) is 0 Å². The molecule has 1 atom stereocenters. The number of hydrogen-bond donors (Lipinski definition) is 1. The van der Waals surface area contributed by atoms with Crippen molar-refractivity contribution in [2.75, 3.05) is 26.2 Å². The number of amides is 1. The number of aromatic nitrogens is 1. The first-order valence-corrected chi connectivity index (χ1v) is 8.07. The Bertz CT molecular complexity index is 420. The van der Waals surface area contributed by atoms with Crippen molar-refractivity contribution in [1.29, 1.82) is 0 Å². The van der Waals surface area contributed by atoms with E-state index in [-0.39, 0.29) is 5.91 Å². The minimum atomic E-state index is 0.246. The van der Waals surface area contributed by atoms with Crippen LogP contribution in [0.4, 0.5) is 0 Å². The smallest absolute Gasteiger partial charge is 0.228 e. The summed E-state index contributed by atoms with van der Waals surface area (Å²) in [6.07, 6.45) is 5.38. The lowest BCUT2D eigenvalue weighted by Gasteiger charge is -2.45. The maximum Gasteiger partial charge on any atom is 0.228 e. The van der Waals surface area contributed by atoms with Gasteiger partial charge in [-0.2, -0.15) is 0 Å². The van der Waals surface area contributed by atoms with E-state index < -0.39 is 0 Å². The zero-order valence-corrected chi connectivity index (χ0v) is 12.0. The SMILES string of the molecule is O=C(Cc1cscn1)N1CCCC2(CCCNC2)C1. The van der Waals surface area contributed by atoms with Gasteiger partial charge in [0, 0.05) is 30.4 Å². The molecule has 1 spiro atoms. The summed E-state index contributed by atoms with van der Waals surface area (Å²) < 4.78 is 0. The van der Waals surface area contributed by atoms with Crippen molar-refractivity contribution in [2.24, 2.45) is 5.41 Å². The molecule has 5 heteroatoms. The maximum absolute atomic E-state index is 12.4. The van der Waals surface area contributed by atoms with Crippen molar-refractivity contribution in [3.05, 3.63) is 16.6 Å². The van der Waals surface area contributed by atoms with Crippen LogP contribution in [-0.4, -0.2) is 42.0 Å². The molecule has 1 unspecified atom stereocenters. The highest BCUT2D eigenvalue weighted by atomic mass is 32.1. The molecule has 2 aliphatic heterocycles. The van der Waals surface area contributed by atoms with Crippen LogP contribution in [0.5, 0.6) is 0 Å². The molecule has 2 fully saturated rings. The molecular weight excluding hydrogens is 258 g/mol. The predicted octanol–water partition coefficient (Wildman–Crippen LogP) is 1.68. The summed E-state index contributed by atoms with van der Waals surface area (Å²) in [5.41, 5.74) is 3.05. The van der Waals surface area contributed by atoms with Crippen molar-refractivity contribution in [1.82, 2.24) is 15.2 Å². The Morgan fingerprint density at radius 1 is 1.47 bits per heavy atom. The van der Waals surface area contributed by atoms with Gasteiger partial charge in [-0.15, -0.1) is 11.3 Å². The minimum absolute atomic E-state index is 0.246. The summed E-state index contributed by atoms with van der Waals surface area (Å²) in [6.45, 7) is 4.07. The highest BCUT2D eigenvalue weighted by molar-refractivity contribution is 7.07. The summed E-state index contributed by atoms with van der Waals surface area (Å²) >= 11 is 1.56. The molecule has 1 N–H and O–H groups in total. The van der Waals surface area contributed by atoms with Crippen molar-refractivity contribution < 1.29 is 4.79 Å². The van der Waals surface area contributed by atoms with Crippen molar-refractivity contribution in [2.45, 2.75) is 32.1 Å². The van der Waals surface area contributed by atoms with E-state index in [2.05, 4.69) is 15.2 Å². The second-order valence-electron chi connectivity index (χ2n) is 5.86. The van der Waals surface area contributed by atoms with E-state index in [1.165, 1.54) is 19.3 Å². The van der Waals surface area contributed by atoms with Crippen LogP contribution >= 0.6 is 11.3 Å². The maximum atomic E-state index is 12.4. The first kappa shape index (κ1) is 13.1. The molecule has 19 heavy (non-hydrogen) atoms. The van der Waals surface area contributed by atoms with Crippen LogP contribution in [0.3, 0.4) is 0 Å². The molecule has 1 aromatic rings. The van der Waals surface area contributed by atoms with Crippen LogP contribution in [0.2, 0.25) is 0 Å². The van der Waals surface area contributed by atoms with Crippen LogP contribution in [0.15, 0.2) is 10.9 Å². The summed E-state index contributed by atoms with van der Waals surface area (Å²) in [4.78, 5) is 18.6. The lowest BCUT2D eigenvalue weighted by molar-refractivity contribution is -0.134. The van der Waals surface area contributed by atoms with Gasteiger partial charge in [-0.3, -0.25) is 4.79 Å². The molecule has 0 aromatic carbocycles. The second kappa shape index (κ2) is 5.59. The van der Waals surface area contributed by atoms with Gasteiger partial charge >= 0.3 is 0 Å². The number of hydrogen-bond acceptors (Lipinski definition) is 4. The van der Waals surface area contributed by atoms with E-state index in [0.29, 0.717) is 11.8 Å². The molecule has 0 radical (unpaired) electrons. The van der Waals surface area contributed by atoms with Gasteiger partial charge in [-0.25, -0.2) is 4.98 Å². The largest absolute Gasteiger partial charge is 0.342 e. The molecule has 4 nitrogen and oxygen atoms in total. The van der Waals surface area contributed by atoms with Gasteiger partial charge in [0.25, 0.3) is 0 Å². The highest BCUT2D eigenvalue weighted by Gasteiger charge is 2.37. The van der Waals surface area contributed by atoms with Crippen LogP contribution in [0.25, 0.3) is 0 Å². The molecule has 104 valence electrons. The molecule has 1 aromatic heterocycles. The van der Waals surface area contributed by atoms with E-state index in [9.17, 15) is 4.79 Å². The normalized spacial score (nSPS) is 27.7. The molecule has 1 amide bonds. The van der Waals surface area contributed by atoms with Gasteiger partial charge in [0.05, 0.1) is 17.6 Å². The Balaban J connectivity index is 1.62. The lowest BCUT2D eigenvalue weighted by Crippen LogP contribution is -2.52. The Morgan fingerprint density at radius 3 is 3.11 bits per heavy atom. The fourth-order valence-electron chi connectivity index (χ4n) is 3.39. The molecule has 3 rings (SSSR count). The molecule has 0 saturated carbocycles. The van der Waals surface area contributed by atoms with Gasteiger partial charge in [-0.05, 0) is 32.2 Å². The number of nitrogens with one attached hydrogen (secondary N) is 1. The first-order valence-electron chi connectivity index (χ1n) is 7.13. The third-order valence-corrected chi connectivity index (χ3v) is 5.03. The fourth-order valence-corrected chi connectivity index (χ4v) is 3.95. The van der Waals surface area contributed by atoms with Gasteiger partial charge < -0.3 is 10.2 Å². The van der Waals surface area contributed by atoms with E-state index in [0.717, 1.165) is 38.3 Å². The summed E-state index contributed by atoms with van der Waals surface area (Å²) in [5, 5.41) is 5.47. The molecular formula is C14H21N3OS. The van der Waals surface area contributed by atoms with Crippen LogP contribution < -0.4 is 5.32 Å². The van der Waals surface area contributed by atoms with Gasteiger partial charge in [0.2, 0.25) is 5.91 Å². The third kappa shape index (κ3) is 2.98. The Morgan fingerprint density at radius 2 is 2.37 bits per heavy atom. The molecule has 3 heterocycles. The van der Waals surface area contributed by atoms with E-state index in [1.54, 1.807) is 16.8 Å². The van der Waals surface area contributed by atoms with Crippen LogP contribution in [0, 0.1) is 5.41 Å². The zero-order chi connectivity index (χ0) is 13.1. The topological polar surface area (TPSA) is 45.2 Å². The Hall–Kier alpha value is -0.940. The van der Waals surface area contributed by atoms with Crippen molar-refractivity contribution >= 4 is 17.2 Å². The van der Waals surface area contributed by atoms with Crippen LogP contribution in [0.1, 0.15) is 31.4 Å². The number of piperidine rings is 2. The van der Waals surface area contributed by atoms with E-state index in [1.807, 2.05) is 5.38 Å². The average molecular weight is 279 g/mol. The molecule has 0 bridgehead atoms. The Kier molecular flexibility index (Phi) is 3.84. The molecule has 2 aliphatic rings. The van der Waals surface area contributed by atoms with Crippen LogP contribution in [-0.2, 0) is 11.2 Å². The van der Waals surface area contributed by atoms with Crippen molar-refractivity contribution in [3.63, 3.8) is 0 Å². The quantitative estimate of drug-likeness (QED) is 0.896. The summed E-state index contributed by atoms with van der Waals surface area (Å²) in [6, 6.07) is 0. The standard InChI is InChI=1S/C14H21N3OS/c18-13(7-12-8-19-11-16-12)17-6-2-4-14(10-17)3-1-5-15-9-14/h8,11,15H,1-7,9-10H2. The average Bonchev–Trinajstić information content (AvgIpc) is 2.92. The number of carbonyl (C=O) groups is 1. The fraction of sp³-hybridized carbons (Fsp3) is 0.714. The number of nitrogens with zero attached hydrogens (tertiary/aromatic N) is 2. The van der Waals surface area contributed by atoms with E-state index >= 15 is 0 Å². The summed E-state index contributed by atoms with van der Waals surface area (Å²) in [5.74, 6) is 0.246.